The van der Waals surface area contributed by atoms with Crippen molar-refractivity contribution in [2.45, 2.75) is 26.4 Å². The largest absolute Gasteiger partial charge is 0.478 e. The Balaban J connectivity index is 1.47. The molecule has 0 aliphatic carbocycles. The first-order valence-corrected chi connectivity index (χ1v) is 11.3. The van der Waals surface area contributed by atoms with Crippen LogP contribution in [-0.2, 0) is 11.2 Å². The summed E-state index contributed by atoms with van der Waals surface area (Å²) in [5.74, 6) is -0.549. The van der Waals surface area contributed by atoms with E-state index in [4.69, 9.17) is 20.9 Å². The van der Waals surface area contributed by atoms with Crippen molar-refractivity contribution in [1.29, 1.82) is 0 Å². The van der Waals surface area contributed by atoms with E-state index in [1.54, 1.807) is 44.2 Å². The van der Waals surface area contributed by atoms with E-state index in [9.17, 15) is 14.7 Å². The van der Waals surface area contributed by atoms with Crippen LogP contribution in [0.15, 0.2) is 77.3 Å². The van der Waals surface area contributed by atoms with Crippen molar-refractivity contribution in [3.63, 3.8) is 0 Å². The maximum Gasteiger partial charge on any atom is 0.412 e. The Morgan fingerprint density at radius 1 is 1.06 bits per heavy atom. The quantitative estimate of drug-likeness (QED) is 0.292. The number of anilines is 1. The second-order valence-electron chi connectivity index (χ2n) is 8.05. The molecule has 1 amide bonds. The van der Waals surface area contributed by atoms with Crippen LogP contribution in [0, 0.1) is 6.92 Å². The van der Waals surface area contributed by atoms with Crippen LogP contribution in [0.5, 0.6) is 0 Å². The van der Waals surface area contributed by atoms with Crippen LogP contribution in [0.4, 0.5) is 10.5 Å². The summed E-state index contributed by atoms with van der Waals surface area (Å²) in [6.45, 7) is 3.47. The highest BCUT2D eigenvalue weighted by Crippen LogP contribution is 2.32. The fourth-order valence-electron chi connectivity index (χ4n) is 3.70. The van der Waals surface area contributed by atoms with Gasteiger partial charge in [-0.25, -0.2) is 9.59 Å². The Hall–Kier alpha value is -4.10. The van der Waals surface area contributed by atoms with Gasteiger partial charge in [-0.05, 0) is 49.6 Å². The molecule has 0 aliphatic rings. The van der Waals surface area contributed by atoms with Crippen molar-refractivity contribution in [1.82, 2.24) is 5.16 Å². The number of aromatic carboxylic acids is 1. The zero-order chi connectivity index (χ0) is 24.9. The Kier molecular flexibility index (Phi) is 7.17. The van der Waals surface area contributed by atoms with Crippen LogP contribution in [0.2, 0.25) is 5.02 Å². The van der Waals surface area contributed by atoms with Gasteiger partial charge in [0.05, 0.1) is 5.56 Å². The molecule has 2 N–H and O–H groups in total. The molecule has 4 aromatic rings. The summed E-state index contributed by atoms with van der Waals surface area (Å²) in [5.41, 5.74) is 4.50. The van der Waals surface area contributed by atoms with Gasteiger partial charge in [-0.15, -0.1) is 0 Å². The van der Waals surface area contributed by atoms with Gasteiger partial charge in [-0.2, -0.15) is 0 Å². The lowest BCUT2D eigenvalue weighted by atomic mass is 10.0. The van der Waals surface area contributed by atoms with E-state index < -0.39 is 18.2 Å². The number of carboxylic acid groups (broad SMARTS) is 1. The Labute approximate surface area is 207 Å². The minimum atomic E-state index is -0.956. The standard InChI is InChI=1S/C27H23ClN2O5/c1-16-24(29-27(33)34-17(2)22-8-3-4-9-23(22)28)25(35-30-16)20-12-10-18(11-13-20)14-19-6-5-7-21(15-19)26(31)32/h3-13,15,17H,14H2,1-2H3,(H,29,33)(H,31,32). The molecule has 0 aliphatic heterocycles. The minimum absolute atomic E-state index is 0.253. The van der Waals surface area contributed by atoms with Crippen molar-refractivity contribution in [2.24, 2.45) is 0 Å². The predicted octanol–water partition coefficient (Wildman–Crippen LogP) is 6.90. The van der Waals surface area contributed by atoms with Crippen LogP contribution in [0.3, 0.4) is 0 Å². The third-order valence-electron chi connectivity index (χ3n) is 5.52. The molecule has 178 valence electrons. The Morgan fingerprint density at radius 2 is 1.80 bits per heavy atom. The van der Waals surface area contributed by atoms with Crippen LogP contribution < -0.4 is 5.32 Å². The number of halogens is 1. The normalized spacial score (nSPS) is 11.6. The molecular weight excluding hydrogens is 468 g/mol. The van der Waals surface area contributed by atoms with Gasteiger partial charge in [0.1, 0.15) is 17.5 Å². The summed E-state index contributed by atoms with van der Waals surface area (Å²) in [7, 11) is 0. The summed E-state index contributed by atoms with van der Waals surface area (Å²) in [4.78, 5) is 23.8. The number of rotatable bonds is 7. The number of hydrogen-bond acceptors (Lipinski definition) is 5. The molecule has 1 heterocycles. The van der Waals surface area contributed by atoms with E-state index in [1.165, 1.54) is 0 Å². The van der Waals surface area contributed by atoms with Crippen molar-refractivity contribution in [3.8, 4) is 11.3 Å². The van der Waals surface area contributed by atoms with Crippen molar-refractivity contribution < 1.29 is 24.0 Å². The highest BCUT2D eigenvalue weighted by molar-refractivity contribution is 6.31. The summed E-state index contributed by atoms with van der Waals surface area (Å²) in [6.07, 6.45) is -0.625. The summed E-state index contributed by atoms with van der Waals surface area (Å²) >= 11 is 6.20. The number of carbonyl (C=O) groups excluding carboxylic acids is 1. The van der Waals surface area contributed by atoms with Gasteiger partial charge < -0.3 is 14.4 Å². The lowest BCUT2D eigenvalue weighted by Gasteiger charge is -2.15. The monoisotopic (exact) mass is 490 g/mol. The molecule has 0 radical (unpaired) electrons. The van der Waals surface area contributed by atoms with Crippen LogP contribution >= 0.6 is 11.6 Å². The zero-order valence-corrected chi connectivity index (χ0v) is 19.9. The summed E-state index contributed by atoms with van der Waals surface area (Å²) < 4.78 is 11.0. The predicted molar refractivity (Wildman–Crippen MR) is 133 cm³/mol. The maximum atomic E-state index is 12.6. The molecule has 8 heteroatoms. The Morgan fingerprint density at radius 3 is 2.51 bits per heavy atom. The number of nitrogens with zero attached hydrogens (tertiary/aromatic N) is 1. The first kappa shape index (κ1) is 24.0. The van der Waals surface area contributed by atoms with E-state index in [-0.39, 0.29) is 5.56 Å². The Bertz CT molecular complexity index is 1360. The summed E-state index contributed by atoms with van der Waals surface area (Å²) in [6, 6.07) is 21.6. The van der Waals surface area contributed by atoms with Crippen molar-refractivity contribution in [3.05, 3.63) is 106 Å². The minimum Gasteiger partial charge on any atom is -0.478 e. The second kappa shape index (κ2) is 10.4. The first-order valence-electron chi connectivity index (χ1n) is 10.9. The van der Waals surface area contributed by atoms with E-state index in [0.29, 0.717) is 34.1 Å². The number of aryl methyl sites for hydroxylation is 1. The molecule has 7 nitrogen and oxygen atoms in total. The topological polar surface area (TPSA) is 102 Å². The van der Waals surface area contributed by atoms with E-state index in [1.807, 2.05) is 42.5 Å². The lowest BCUT2D eigenvalue weighted by Crippen LogP contribution is -2.17. The third kappa shape index (κ3) is 5.70. The number of ether oxygens (including phenoxy) is 1. The van der Waals surface area contributed by atoms with Gasteiger partial charge in [-0.1, -0.05) is 71.4 Å². The van der Waals surface area contributed by atoms with Gasteiger partial charge in [0.15, 0.2) is 5.76 Å². The zero-order valence-electron chi connectivity index (χ0n) is 19.1. The number of aromatic nitrogens is 1. The second-order valence-corrected chi connectivity index (χ2v) is 8.45. The molecule has 1 atom stereocenters. The maximum absolute atomic E-state index is 12.6. The molecule has 0 saturated carbocycles. The fourth-order valence-corrected chi connectivity index (χ4v) is 3.99. The fraction of sp³-hybridized carbons (Fsp3) is 0.148. The highest BCUT2D eigenvalue weighted by atomic mass is 35.5. The molecule has 1 aromatic heterocycles. The molecule has 0 bridgehead atoms. The summed E-state index contributed by atoms with van der Waals surface area (Å²) in [5, 5.41) is 16.4. The molecule has 4 rings (SSSR count). The van der Waals surface area contributed by atoms with Gasteiger partial charge in [-0.3, -0.25) is 5.32 Å². The van der Waals surface area contributed by atoms with Crippen LogP contribution in [-0.4, -0.2) is 22.3 Å². The molecular formula is C27H23ClN2O5. The van der Waals surface area contributed by atoms with E-state index in [2.05, 4.69) is 10.5 Å². The molecule has 0 saturated heterocycles. The van der Waals surface area contributed by atoms with Gasteiger partial charge >= 0.3 is 12.1 Å². The average Bonchev–Trinajstić information content (AvgIpc) is 3.19. The van der Waals surface area contributed by atoms with Crippen molar-refractivity contribution in [2.75, 3.05) is 5.32 Å². The molecule has 1 unspecified atom stereocenters. The van der Waals surface area contributed by atoms with E-state index >= 15 is 0 Å². The number of nitrogens with one attached hydrogen (secondary N) is 1. The highest BCUT2D eigenvalue weighted by Gasteiger charge is 2.20. The lowest BCUT2D eigenvalue weighted by molar-refractivity contribution is 0.0696. The molecule has 3 aromatic carbocycles. The molecule has 0 fully saturated rings. The van der Waals surface area contributed by atoms with Crippen LogP contribution in [0.25, 0.3) is 11.3 Å². The van der Waals surface area contributed by atoms with Gasteiger partial charge in [0.2, 0.25) is 0 Å². The average molecular weight is 491 g/mol. The van der Waals surface area contributed by atoms with Gasteiger partial charge in [0.25, 0.3) is 0 Å². The molecule has 35 heavy (non-hydrogen) atoms. The SMILES string of the molecule is Cc1noc(-c2ccc(Cc3cccc(C(=O)O)c3)cc2)c1NC(=O)OC(C)c1ccccc1Cl. The van der Waals surface area contributed by atoms with Gasteiger partial charge in [0, 0.05) is 16.1 Å². The van der Waals surface area contributed by atoms with E-state index in [0.717, 1.165) is 16.7 Å². The third-order valence-corrected chi connectivity index (χ3v) is 5.86. The number of carboxylic acids is 1. The number of carbonyl (C=O) groups is 2. The van der Waals surface area contributed by atoms with Crippen molar-refractivity contribution >= 4 is 29.4 Å². The first-order chi connectivity index (χ1) is 16.8. The number of amides is 1. The van der Waals surface area contributed by atoms with Crippen LogP contribution in [0.1, 0.15) is 45.8 Å². The smallest absolute Gasteiger partial charge is 0.412 e. The number of benzene rings is 3. The molecule has 0 spiro atoms. The number of hydrogen-bond donors (Lipinski definition) is 2.